The molecule has 2 aromatic heterocycles. The van der Waals surface area contributed by atoms with Crippen LogP contribution in [0.4, 0.5) is 5.95 Å². The molecule has 5 nitrogen and oxygen atoms in total. The third kappa shape index (κ3) is 2.08. The third-order valence-electron chi connectivity index (χ3n) is 3.40. The van der Waals surface area contributed by atoms with Gasteiger partial charge in [-0.1, -0.05) is 0 Å². The highest BCUT2D eigenvalue weighted by atomic mass is 15.3. The second-order valence-electron chi connectivity index (χ2n) is 4.90. The third-order valence-corrected chi connectivity index (χ3v) is 3.40. The van der Waals surface area contributed by atoms with Gasteiger partial charge in [-0.15, -0.1) is 0 Å². The molecule has 2 aromatic rings. The molecule has 0 amide bonds. The largest absolute Gasteiger partial charge is 0.340 e. The lowest BCUT2D eigenvalue weighted by Gasteiger charge is -2.39. The number of hydrogen-bond acceptors (Lipinski definition) is 4. The molecule has 0 radical (unpaired) electrons. The number of rotatable bonds is 3. The van der Waals surface area contributed by atoms with Crippen molar-refractivity contribution in [1.82, 2.24) is 19.5 Å². The van der Waals surface area contributed by atoms with Crippen LogP contribution < -0.4 is 4.90 Å². The summed E-state index contributed by atoms with van der Waals surface area (Å²) in [4.78, 5) is 15.2. The van der Waals surface area contributed by atoms with Crippen molar-refractivity contribution >= 4 is 5.95 Å². The summed E-state index contributed by atoms with van der Waals surface area (Å²) < 4.78 is 2.21. The topological polar surface area (TPSA) is 46.8 Å². The van der Waals surface area contributed by atoms with Crippen molar-refractivity contribution in [2.45, 2.75) is 20.4 Å². The van der Waals surface area contributed by atoms with Crippen molar-refractivity contribution < 1.29 is 0 Å². The zero-order chi connectivity index (χ0) is 12.5. The summed E-state index contributed by atoms with van der Waals surface area (Å²) in [5.41, 5.74) is 1.02. The summed E-state index contributed by atoms with van der Waals surface area (Å²) in [6.45, 7) is 7.13. The summed E-state index contributed by atoms with van der Waals surface area (Å²) in [5.74, 6) is 2.61. The van der Waals surface area contributed by atoms with Crippen LogP contribution in [-0.4, -0.2) is 32.6 Å². The van der Waals surface area contributed by atoms with Gasteiger partial charge in [0.1, 0.15) is 5.82 Å². The second-order valence-corrected chi connectivity index (χ2v) is 4.90. The number of imidazole rings is 1. The van der Waals surface area contributed by atoms with Crippen LogP contribution in [0.5, 0.6) is 0 Å². The summed E-state index contributed by atoms with van der Waals surface area (Å²) in [6, 6.07) is 1.93. The SMILES string of the molecule is Cc1ccnc(N2CC(Cn3ccnc3C)C2)n1. The standard InChI is InChI=1S/C13H17N5/c1-10-3-4-15-13(16-10)18-8-12(9-18)7-17-6-5-14-11(17)2/h3-6,12H,7-9H2,1-2H3. The van der Waals surface area contributed by atoms with Crippen molar-refractivity contribution in [2.24, 2.45) is 5.92 Å². The zero-order valence-electron chi connectivity index (χ0n) is 10.7. The lowest BCUT2D eigenvalue weighted by Crippen LogP contribution is -2.49. The van der Waals surface area contributed by atoms with Gasteiger partial charge in [0.15, 0.2) is 0 Å². The average Bonchev–Trinajstić information content (AvgIpc) is 2.69. The molecule has 1 aliphatic rings. The van der Waals surface area contributed by atoms with Crippen molar-refractivity contribution in [1.29, 1.82) is 0 Å². The maximum absolute atomic E-state index is 4.44. The predicted octanol–water partition coefficient (Wildman–Crippen LogP) is 1.43. The Labute approximate surface area is 107 Å². The van der Waals surface area contributed by atoms with E-state index in [1.54, 1.807) is 0 Å². The van der Waals surface area contributed by atoms with Gasteiger partial charge in [0, 0.05) is 49.8 Å². The molecule has 5 heteroatoms. The first-order valence-corrected chi connectivity index (χ1v) is 6.25. The van der Waals surface area contributed by atoms with Gasteiger partial charge in [-0.3, -0.25) is 0 Å². The lowest BCUT2D eigenvalue weighted by atomic mass is 10.0. The lowest BCUT2D eigenvalue weighted by molar-refractivity contribution is 0.350. The van der Waals surface area contributed by atoms with Crippen molar-refractivity contribution in [3.63, 3.8) is 0 Å². The number of aryl methyl sites for hydroxylation is 2. The van der Waals surface area contributed by atoms with Crippen LogP contribution >= 0.6 is 0 Å². The summed E-state index contributed by atoms with van der Waals surface area (Å²) in [5, 5.41) is 0. The van der Waals surface area contributed by atoms with E-state index in [4.69, 9.17) is 0 Å². The van der Waals surface area contributed by atoms with Gasteiger partial charge in [0.25, 0.3) is 0 Å². The Morgan fingerprint density at radius 1 is 1.22 bits per heavy atom. The van der Waals surface area contributed by atoms with Crippen molar-refractivity contribution in [2.75, 3.05) is 18.0 Å². The molecule has 94 valence electrons. The van der Waals surface area contributed by atoms with Gasteiger partial charge in [0.05, 0.1) is 0 Å². The molecule has 1 saturated heterocycles. The Morgan fingerprint density at radius 2 is 2.06 bits per heavy atom. The average molecular weight is 243 g/mol. The molecule has 0 bridgehead atoms. The van der Waals surface area contributed by atoms with Crippen LogP contribution in [0.1, 0.15) is 11.5 Å². The minimum absolute atomic E-state index is 0.669. The minimum atomic E-state index is 0.669. The van der Waals surface area contributed by atoms with E-state index in [1.165, 1.54) is 0 Å². The first kappa shape index (κ1) is 11.2. The van der Waals surface area contributed by atoms with Crippen LogP contribution in [0.2, 0.25) is 0 Å². The molecular weight excluding hydrogens is 226 g/mol. The van der Waals surface area contributed by atoms with Gasteiger partial charge in [-0.25, -0.2) is 15.0 Å². The zero-order valence-corrected chi connectivity index (χ0v) is 10.7. The number of aromatic nitrogens is 4. The Bertz CT molecular complexity index is 542. The quantitative estimate of drug-likeness (QED) is 0.818. The molecule has 0 unspecified atom stereocenters. The summed E-state index contributed by atoms with van der Waals surface area (Å²) >= 11 is 0. The molecule has 3 rings (SSSR count). The predicted molar refractivity (Wildman–Crippen MR) is 69.4 cm³/mol. The normalized spacial score (nSPS) is 15.8. The van der Waals surface area contributed by atoms with Gasteiger partial charge >= 0.3 is 0 Å². The second kappa shape index (κ2) is 4.40. The van der Waals surface area contributed by atoms with E-state index >= 15 is 0 Å². The first-order chi connectivity index (χ1) is 8.72. The van der Waals surface area contributed by atoms with Gasteiger partial charge in [0.2, 0.25) is 5.95 Å². The monoisotopic (exact) mass is 243 g/mol. The Hall–Kier alpha value is -1.91. The minimum Gasteiger partial charge on any atom is -0.340 e. The van der Waals surface area contributed by atoms with E-state index in [-0.39, 0.29) is 0 Å². The number of hydrogen-bond donors (Lipinski definition) is 0. The maximum Gasteiger partial charge on any atom is 0.225 e. The van der Waals surface area contributed by atoms with E-state index < -0.39 is 0 Å². The molecule has 0 atom stereocenters. The molecule has 3 heterocycles. The molecule has 0 N–H and O–H groups in total. The molecular formula is C13H17N5. The van der Waals surface area contributed by atoms with Crippen LogP contribution in [0.25, 0.3) is 0 Å². The van der Waals surface area contributed by atoms with E-state index in [0.29, 0.717) is 5.92 Å². The van der Waals surface area contributed by atoms with Crippen LogP contribution in [0, 0.1) is 19.8 Å². The fourth-order valence-corrected chi connectivity index (χ4v) is 2.31. The van der Waals surface area contributed by atoms with Crippen LogP contribution in [0.15, 0.2) is 24.7 Å². The van der Waals surface area contributed by atoms with Crippen molar-refractivity contribution in [3.8, 4) is 0 Å². The van der Waals surface area contributed by atoms with Crippen LogP contribution in [-0.2, 0) is 6.54 Å². The molecule has 0 spiro atoms. The smallest absolute Gasteiger partial charge is 0.225 e. The molecule has 0 saturated carbocycles. The summed E-state index contributed by atoms with van der Waals surface area (Å²) in [6.07, 6.45) is 5.72. The highest BCUT2D eigenvalue weighted by Gasteiger charge is 2.29. The fourth-order valence-electron chi connectivity index (χ4n) is 2.31. The fraction of sp³-hybridized carbons (Fsp3) is 0.462. The highest BCUT2D eigenvalue weighted by molar-refractivity contribution is 5.34. The molecule has 1 aliphatic heterocycles. The molecule has 0 aromatic carbocycles. The highest BCUT2D eigenvalue weighted by Crippen LogP contribution is 2.22. The Morgan fingerprint density at radius 3 is 2.72 bits per heavy atom. The van der Waals surface area contributed by atoms with Gasteiger partial charge < -0.3 is 9.47 Å². The first-order valence-electron chi connectivity index (χ1n) is 6.25. The van der Waals surface area contributed by atoms with Crippen LogP contribution in [0.3, 0.4) is 0 Å². The van der Waals surface area contributed by atoms with E-state index in [1.807, 2.05) is 38.5 Å². The number of nitrogens with zero attached hydrogens (tertiary/aromatic N) is 5. The summed E-state index contributed by atoms with van der Waals surface area (Å²) in [7, 11) is 0. The van der Waals surface area contributed by atoms with E-state index in [9.17, 15) is 0 Å². The molecule has 1 fully saturated rings. The maximum atomic E-state index is 4.44. The van der Waals surface area contributed by atoms with Crippen molar-refractivity contribution in [3.05, 3.63) is 36.2 Å². The number of anilines is 1. The van der Waals surface area contributed by atoms with E-state index in [0.717, 1.165) is 37.1 Å². The Kier molecular flexibility index (Phi) is 2.74. The Balaban J connectivity index is 1.59. The molecule has 18 heavy (non-hydrogen) atoms. The van der Waals surface area contributed by atoms with E-state index in [2.05, 4.69) is 24.4 Å². The van der Waals surface area contributed by atoms with Gasteiger partial charge in [-0.05, 0) is 19.9 Å². The van der Waals surface area contributed by atoms with Gasteiger partial charge in [-0.2, -0.15) is 0 Å². The molecule has 0 aliphatic carbocycles.